The molecule has 4 aromatic rings. The monoisotopic (exact) mass is 955 g/mol. The normalized spacial score (nSPS) is 16.6. The number of thiazole rings is 1. The number of esters is 1. The fourth-order valence-electron chi connectivity index (χ4n) is 8.91. The van der Waals surface area contributed by atoms with Crippen molar-refractivity contribution >= 4 is 41.0 Å². The van der Waals surface area contributed by atoms with Crippen molar-refractivity contribution in [1.29, 1.82) is 0 Å². The molecule has 1 aliphatic heterocycles. The average Bonchev–Trinajstić information content (AvgIpc) is 3.98. The molecule has 2 aromatic heterocycles. The number of carboxylic acids is 1. The molecule has 2 aromatic carbocycles. The Morgan fingerprint density at radius 1 is 0.985 bits per heavy atom. The Hall–Kier alpha value is -5.48. The van der Waals surface area contributed by atoms with Crippen LogP contribution in [0.25, 0.3) is 0 Å². The van der Waals surface area contributed by atoms with Gasteiger partial charge in [-0.25, -0.2) is 9.67 Å². The third kappa shape index (κ3) is 15.5. The molecule has 3 N–H and O–H groups in total. The smallest absolute Gasteiger partial charge is 0.309 e. The second-order valence-corrected chi connectivity index (χ2v) is 20.6. The number of piperidine rings is 1. The lowest BCUT2D eigenvalue weighted by Gasteiger charge is -2.40. The molecule has 0 saturated carbocycles. The molecule has 1 aliphatic rings. The van der Waals surface area contributed by atoms with Crippen LogP contribution in [0.1, 0.15) is 144 Å². The van der Waals surface area contributed by atoms with Gasteiger partial charge in [-0.05, 0) is 102 Å². The molecule has 68 heavy (non-hydrogen) atoms. The molecular weight excluding hydrogens is 881 g/mol. The zero-order valence-corrected chi connectivity index (χ0v) is 42.4. The zero-order chi connectivity index (χ0) is 49.5. The molecule has 3 amide bonds. The first kappa shape index (κ1) is 53.5. The van der Waals surface area contributed by atoms with Crippen LogP contribution in [0.3, 0.4) is 0 Å². The van der Waals surface area contributed by atoms with Gasteiger partial charge in [0.15, 0.2) is 6.10 Å². The first-order chi connectivity index (χ1) is 32.3. The zero-order valence-electron chi connectivity index (χ0n) is 41.6. The van der Waals surface area contributed by atoms with Crippen LogP contribution in [0.4, 0.5) is 0 Å². The van der Waals surface area contributed by atoms with Gasteiger partial charge in [-0.1, -0.05) is 106 Å². The lowest BCUT2D eigenvalue weighted by atomic mass is 9.84. The van der Waals surface area contributed by atoms with E-state index in [0.717, 1.165) is 54.6 Å². The standard InChI is InChI=1S/C52H74N8O7S/c1-10-36(5)46(55-48(63)43-21-15-16-26-58(43)9)50(64)60(27-17-14-20-40-32-59(57-56-40)31-39-18-12-11-13-19-39)44(34(2)3)29-45(67-37(6)61)49-54-42(33-68-49)47(62)53-41(30-52(7,8)51(65)66)28-38-24-22-35(4)23-25-38/h11-13,18-19,22-25,32-34,36,41,43-46H,10,14-17,20-21,26-31H2,1-9H3,(H,53,62)(H,55,63)(H,65,66)/t36-,41-,43+,44+,45+,46-/m0/s1. The summed E-state index contributed by atoms with van der Waals surface area (Å²) in [4.78, 5) is 76.8. The second-order valence-electron chi connectivity index (χ2n) is 19.7. The van der Waals surface area contributed by atoms with Gasteiger partial charge in [0, 0.05) is 43.5 Å². The number of carboxylic acid groups (broad SMARTS) is 1. The van der Waals surface area contributed by atoms with Crippen molar-refractivity contribution < 1.29 is 33.8 Å². The van der Waals surface area contributed by atoms with Crippen LogP contribution in [0.5, 0.6) is 0 Å². The van der Waals surface area contributed by atoms with E-state index in [2.05, 4.69) is 25.8 Å². The van der Waals surface area contributed by atoms with Crippen LogP contribution in [0.15, 0.2) is 66.2 Å². The Labute approximate surface area is 406 Å². The highest BCUT2D eigenvalue weighted by Crippen LogP contribution is 2.32. The number of nitrogens with one attached hydrogen (secondary N) is 2. The minimum absolute atomic E-state index is 0.115. The molecule has 1 fully saturated rings. The van der Waals surface area contributed by atoms with Gasteiger partial charge < -0.3 is 25.4 Å². The van der Waals surface area contributed by atoms with Crippen LogP contribution in [0, 0.1) is 24.2 Å². The summed E-state index contributed by atoms with van der Waals surface area (Å²) in [6.45, 7) is 16.5. The van der Waals surface area contributed by atoms with E-state index in [1.165, 1.54) is 18.3 Å². The van der Waals surface area contributed by atoms with Crippen molar-refractivity contribution in [2.24, 2.45) is 17.3 Å². The first-order valence-electron chi connectivity index (χ1n) is 24.3. The van der Waals surface area contributed by atoms with Crippen molar-refractivity contribution in [2.45, 2.75) is 156 Å². The van der Waals surface area contributed by atoms with Crippen molar-refractivity contribution in [1.82, 2.24) is 40.4 Å². The first-order valence-corrected chi connectivity index (χ1v) is 25.2. The van der Waals surface area contributed by atoms with Crippen LogP contribution in [-0.2, 0) is 43.3 Å². The van der Waals surface area contributed by atoms with Crippen molar-refractivity contribution in [3.8, 4) is 0 Å². The number of aromatic nitrogens is 4. The summed E-state index contributed by atoms with van der Waals surface area (Å²) < 4.78 is 7.82. The maximum Gasteiger partial charge on any atom is 0.309 e. The molecular formula is C52H74N8O7S. The van der Waals surface area contributed by atoms with E-state index in [1.807, 2.05) is 112 Å². The van der Waals surface area contributed by atoms with Gasteiger partial charge in [0.2, 0.25) is 11.8 Å². The average molecular weight is 955 g/mol. The number of nitrogens with zero attached hydrogens (tertiary/aromatic N) is 6. The molecule has 0 aliphatic carbocycles. The number of carbonyl (C=O) groups excluding carboxylic acids is 4. The molecule has 15 nitrogen and oxygen atoms in total. The van der Waals surface area contributed by atoms with Gasteiger partial charge in [-0.2, -0.15) is 0 Å². The minimum atomic E-state index is -1.11. The summed E-state index contributed by atoms with van der Waals surface area (Å²) >= 11 is 1.19. The van der Waals surface area contributed by atoms with Gasteiger partial charge in [0.25, 0.3) is 5.91 Å². The number of likely N-dealkylation sites (tertiary alicyclic amines) is 1. The van der Waals surface area contributed by atoms with Crippen molar-refractivity contribution in [3.63, 3.8) is 0 Å². The van der Waals surface area contributed by atoms with Gasteiger partial charge in [0.1, 0.15) is 16.7 Å². The summed E-state index contributed by atoms with van der Waals surface area (Å²) in [6.07, 6.45) is 7.21. The number of amides is 3. The summed E-state index contributed by atoms with van der Waals surface area (Å²) in [5, 5.41) is 27.0. The molecule has 5 rings (SSSR count). The highest BCUT2D eigenvalue weighted by Gasteiger charge is 2.39. The number of benzene rings is 2. The summed E-state index contributed by atoms with van der Waals surface area (Å²) in [5.41, 5.74) is 3.03. The Bertz CT molecular complexity index is 2260. The van der Waals surface area contributed by atoms with Crippen LogP contribution in [-0.4, -0.2) is 109 Å². The number of likely N-dealkylation sites (N-methyl/N-ethyl adjacent to an activating group) is 1. The van der Waals surface area contributed by atoms with E-state index in [4.69, 9.17) is 9.72 Å². The van der Waals surface area contributed by atoms with Crippen LogP contribution in [0.2, 0.25) is 0 Å². The fraction of sp³-hybridized carbons (Fsp3) is 0.577. The molecule has 0 spiro atoms. The summed E-state index contributed by atoms with van der Waals surface area (Å²) in [6, 6.07) is 15.9. The number of aryl methyl sites for hydroxylation is 2. The highest BCUT2D eigenvalue weighted by atomic mass is 32.1. The lowest BCUT2D eigenvalue weighted by molar-refractivity contribution is -0.150. The Balaban J connectivity index is 1.40. The topological polar surface area (TPSA) is 189 Å². The van der Waals surface area contributed by atoms with E-state index in [9.17, 15) is 24.3 Å². The summed E-state index contributed by atoms with van der Waals surface area (Å²) in [7, 11) is 1.96. The van der Waals surface area contributed by atoms with Gasteiger partial charge in [0.05, 0.1) is 23.7 Å². The van der Waals surface area contributed by atoms with Gasteiger partial charge >= 0.3 is 11.9 Å². The number of carbonyl (C=O) groups is 5. The number of hydrogen-bond donors (Lipinski definition) is 3. The molecule has 0 unspecified atom stereocenters. The maximum absolute atomic E-state index is 15.2. The van der Waals surface area contributed by atoms with Gasteiger partial charge in [-0.3, -0.25) is 28.9 Å². The molecule has 1 saturated heterocycles. The van der Waals surface area contributed by atoms with E-state index in [1.54, 1.807) is 19.2 Å². The molecule has 3 heterocycles. The summed E-state index contributed by atoms with van der Waals surface area (Å²) in [5.74, 6) is -2.60. The van der Waals surface area contributed by atoms with Crippen LogP contribution >= 0.6 is 11.3 Å². The van der Waals surface area contributed by atoms with Crippen molar-refractivity contribution in [3.05, 3.63) is 99.3 Å². The predicted molar refractivity (Wildman–Crippen MR) is 264 cm³/mol. The number of ether oxygens (including phenoxy) is 1. The fourth-order valence-corrected chi connectivity index (χ4v) is 9.75. The Morgan fingerprint density at radius 3 is 2.35 bits per heavy atom. The lowest BCUT2D eigenvalue weighted by Crippen LogP contribution is -2.59. The van der Waals surface area contributed by atoms with E-state index < -0.39 is 47.5 Å². The van der Waals surface area contributed by atoms with E-state index >= 15 is 4.79 Å². The Kier molecular flexibility index (Phi) is 19.8. The molecule has 6 atom stereocenters. The van der Waals surface area contributed by atoms with E-state index in [-0.39, 0.29) is 48.2 Å². The minimum Gasteiger partial charge on any atom is -0.481 e. The number of unbranched alkanes of at least 4 members (excludes halogenated alkanes) is 1. The van der Waals surface area contributed by atoms with E-state index in [0.29, 0.717) is 43.8 Å². The number of hydrogen-bond acceptors (Lipinski definition) is 11. The highest BCUT2D eigenvalue weighted by molar-refractivity contribution is 7.09. The number of rotatable bonds is 25. The van der Waals surface area contributed by atoms with Crippen LogP contribution < -0.4 is 10.6 Å². The van der Waals surface area contributed by atoms with Crippen molar-refractivity contribution in [2.75, 3.05) is 20.1 Å². The maximum atomic E-state index is 15.2. The third-order valence-corrected chi connectivity index (χ3v) is 14.2. The predicted octanol–water partition coefficient (Wildman–Crippen LogP) is 7.82. The Morgan fingerprint density at radius 2 is 1.71 bits per heavy atom. The molecule has 0 bridgehead atoms. The number of aliphatic carboxylic acids is 1. The molecule has 0 radical (unpaired) electrons. The second kappa shape index (κ2) is 25.2. The third-order valence-electron chi connectivity index (χ3n) is 13.2. The quantitative estimate of drug-likeness (QED) is 0.0434. The molecule has 370 valence electrons. The molecule has 16 heteroatoms. The van der Waals surface area contributed by atoms with Gasteiger partial charge in [-0.15, -0.1) is 16.4 Å². The largest absolute Gasteiger partial charge is 0.481 e. The SMILES string of the molecule is CC[C@H](C)[C@H](NC(=O)[C@H]1CCCCN1C)C(=O)N(CCCCc1cn(Cc2ccccc2)nn1)[C@H](C[C@@H](OC(C)=O)c1nc(C(=O)N[C@@H](Cc2ccc(C)cc2)CC(C)(C)C(=O)O)cs1)C(C)C.